The Balaban J connectivity index is 1.52. The summed E-state index contributed by atoms with van der Waals surface area (Å²) in [6, 6.07) is 5.54. The summed E-state index contributed by atoms with van der Waals surface area (Å²) in [6.45, 7) is 6.39. The zero-order valence-corrected chi connectivity index (χ0v) is 17.1. The van der Waals surface area contributed by atoms with E-state index >= 15 is 0 Å². The van der Waals surface area contributed by atoms with Crippen molar-refractivity contribution >= 4 is 17.6 Å². The maximum atomic E-state index is 12.4. The Morgan fingerprint density at radius 3 is 2.90 bits per heavy atom. The second kappa shape index (κ2) is 10.0. The monoisotopic (exact) mass is 399 g/mol. The summed E-state index contributed by atoms with van der Waals surface area (Å²) in [4.78, 5) is 30.2. The van der Waals surface area contributed by atoms with Gasteiger partial charge in [0.1, 0.15) is 5.82 Å². The van der Waals surface area contributed by atoms with Gasteiger partial charge in [0.15, 0.2) is 5.76 Å². The van der Waals surface area contributed by atoms with Gasteiger partial charge in [0.05, 0.1) is 17.8 Å². The maximum Gasteiger partial charge on any atom is 0.253 e. The molecular formula is C21H29N5O3. The first-order chi connectivity index (χ1) is 14.0. The number of pyridine rings is 1. The average Bonchev–Trinajstić information content (AvgIpc) is 3.18. The Kier molecular flexibility index (Phi) is 7.21. The normalized spacial score (nSPS) is 16.5. The van der Waals surface area contributed by atoms with E-state index in [0.29, 0.717) is 30.3 Å². The first-order valence-electron chi connectivity index (χ1n) is 10.2. The predicted octanol–water partition coefficient (Wildman–Crippen LogP) is 2.30. The number of carbonyl (C=O) groups excluding carboxylic acids is 2. The molecule has 29 heavy (non-hydrogen) atoms. The zero-order valence-electron chi connectivity index (χ0n) is 17.1. The van der Waals surface area contributed by atoms with E-state index in [1.165, 1.54) is 0 Å². The van der Waals surface area contributed by atoms with Crippen LogP contribution < -0.4 is 15.5 Å². The minimum atomic E-state index is -0.195. The van der Waals surface area contributed by atoms with E-state index in [1.54, 1.807) is 19.2 Å². The number of aryl methyl sites for hydroxylation is 1. The largest absolute Gasteiger partial charge is 0.359 e. The molecule has 0 aromatic carbocycles. The Morgan fingerprint density at radius 1 is 1.31 bits per heavy atom. The second-order valence-corrected chi connectivity index (χ2v) is 7.51. The van der Waals surface area contributed by atoms with Gasteiger partial charge in [-0.1, -0.05) is 18.5 Å². The van der Waals surface area contributed by atoms with Crippen molar-refractivity contribution in [1.29, 1.82) is 0 Å². The Labute approximate surface area is 171 Å². The molecule has 0 spiro atoms. The van der Waals surface area contributed by atoms with Gasteiger partial charge in [-0.2, -0.15) is 0 Å². The zero-order chi connectivity index (χ0) is 20.6. The molecule has 0 unspecified atom stereocenters. The van der Waals surface area contributed by atoms with E-state index in [4.69, 9.17) is 4.52 Å². The molecule has 3 heterocycles. The number of rotatable bonds is 8. The average molecular weight is 399 g/mol. The molecule has 0 saturated carbocycles. The summed E-state index contributed by atoms with van der Waals surface area (Å²) in [5.74, 6) is 1.72. The lowest BCUT2D eigenvalue weighted by Gasteiger charge is -2.33. The molecule has 0 bridgehead atoms. The number of carbonyl (C=O) groups is 2. The van der Waals surface area contributed by atoms with Crippen LogP contribution in [-0.2, 0) is 17.8 Å². The van der Waals surface area contributed by atoms with Gasteiger partial charge in [-0.3, -0.25) is 9.59 Å². The molecule has 1 aliphatic rings. The molecular weight excluding hydrogens is 370 g/mol. The van der Waals surface area contributed by atoms with Crippen molar-refractivity contribution in [3.63, 3.8) is 0 Å². The highest BCUT2D eigenvalue weighted by Gasteiger charge is 2.21. The molecule has 8 heteroatoms. The van der Waals surface area contributed by atoms with Crippen molar-refractivity contribution in [1.82, 2.24) is 20.8 Å². The van der Waals surface area contributed by atoms with Crippen molar-refractivity contribution in [3.8, 4) is 0 Å². The molecule has 0 radical (unpaired) electrons. The van der Waals surface area contributed by atoms with Crippen LogP contribution in [0.5, 0.6) is 0 Å². The van der Waals surface area contributed by atoms with E-state index in [9.17, 15) is 9.59 Å². The minimum Gasteiger partial charge on any atom is -0.359 e. The highest BCUT2D eigenvalue weighted by molar-refractivity contribution is 5.93. The topological polar surface area (TPSA) is 100 Å². The van der Waals surface area contributed by atoms with Crippen molar-refractivity contribution in [2.45, 2.75) is 46.1 Å². The smallest absolute Gasteiger partial charge is 0.253 e. The fraction of sp³-hybridized carbons (Fsp3) is 0.524. The van der Waals surface area contributed by atoms with Crippen LogP contribution in [0.15, 0.2) is 28.9 Å². The number of amides is 2. The van der Waals surface area contributed by atoms with Crippen LogP contribution in [0.4, 0.5) is 5.82 Å². The Hall–Kier alpha value is -2.90. The van der Waals surface area contributed by atoms with Gasteiger partial charge in [-0.25, -0.2) is 4.98 Å². The van der Waals surface area contributed by atoms with Crippen LogP contribution in [0.3, 0.4) is 0 Å². The summed E-state index contributed by atoms with van der Waals surface area (Å²) in [5.41, 5.74) is 1.41. The van der Waals surface area contributed by atoms with Crippen LogP contribution in [0.2, 0.25) is 0 Å². The SMILES string of the molecule is CCCc1cc(CNC(=O)c2ccc(N3CCC[C@@H](CNC(C)=O)C3)nc2)on1. The molecule has 3 rings (SSSR count). The lowest BCUT2D eigenvalue weighted by atomic mass is 9.98. The van der Waals surface area contributed by atoms with E-state index in [0.717, 1.165) is 50.3 Å². The fourth-order valence-electron chi connectivity index (χ4n) is 3.52. The molecule has 156 valence electrons. The molecule has 1 fully saturated rings. The molecule has 2 amide bonds. The molecule has 1 atom stereocenters. The maximum absolute atomic E-state index is 12.4. The third-order valence-corrected chi connectivity index (χ3v) is 5.03. The van der Waals surface area contributed by atoms with Gasteiger partial charge in [-0.05, 0) is 37.3 Å². The van der Waals surface area contributed by atoms with E-state index < -0.39 is 0 Å². The standard InChI is InChI=1S/C21H29N5O3/c1-3-5-18-10-19(29-25-18)13-24-21(28)17-7-8-20(23-12-17)26-9-4-6-16(14-26)11-22-15(2)27/h7-8,10,12,16H,3-6,9,11,13-14H2,1-2H3,(H,22,27)(H,24,28)/t16-/m0/s1. The number of hydrogen-bond acceptors (Lipinski definition) is 6. The van der Waals surface area contributed by atoms with Crippen LogP contribution in [-0.4, -0.2) is 41.6 Å². The van der Waals surface area contributed by atoms with Gasteiger partial charge in [0.2, 0.25) is 5.91 Å². The molecule has 1 aliphatic heterocycles. The lowest BCUT2D eigenvalue weighted by Crippen LogP contribution is -2.41. The number of aromatic nitrogens is 2. The van der Waals surface area contributed by atoms with Gasteiger partial charge in [0.25, 0.3) is 5.91 Å². The summed E-state index contributed by atoms with van der Waals surface area (Å²) in [5, 5.41) is 9.72. The second-order valence-electron chi connectivity index (χ2n) is 7.51. The molecule has 0 aliphatic carbocycles. The number of hydrogen-bond donors (Lipinski definition) is 2. The van der Waals surface area contributed by atoms with Crippen molar-refractivity contribution in [3.05, 3.63) is 41.4 Å². The highest BCUT2D eigenvalue weighted by Crippen LogP contribution is 2.21. The molecule has 2 aromatic rings. The van der Waals surface area contributed by atoms with Gasteiger partial charge in [-0.15, -0.1) is 0 Å². The Morgan fingerprint density at radius 2 is 2.17 bits per heavy atom. The molecule has 8 nitrogen and oxygen atoms in total. The molecule has 1 saturated heterocycles. The fourth-order valence-corrected chi connectivity index (χ4v) is 3.52. The van der Waals surface area contributed by atoms with Crippen molar-refractivity contribution < 1.29 is 14.1 Å². The first kappa shape index (κ1) is 20.8. The third kappa shape index (κ3) is 6.04. The number of nitrogens with zero attached hydrogens (tertiary/aromatic N) is 3. The van der Waals surface area contributed by atoms with E-state index in [2.05, 4.69) is 32.6 Å². The van der Waals surface area contributed by atoms with Crippen LogP contribution in [0.25, 0.3) is 0 Å². The third-order valence-electron chi connectivity index (χ3n) is 5.03. The van der Waals surface area contributed by atoms with Crippen molar-refractivity contribution in [2.24, 2.45) is 5.92 Å². The summed E-state index contributed by atoms with van der Waals surface area (Å²) < 4.78 is 5.23. The molecule has 2 aromatic heterocycles. The molecule has 2 N–H and O–H groups in total. The summed E-state index contributed by atoms with van der Waals surface area (Å²) in [7, 11) is 0. The van der Waals surface area contributed by atoms with Crippen molar-refractivity contribution in [2.75, 3.05) is 24.5 Å². The highest BCUT2D eigenvalue weighted by atomic mass is 16.5. The van der Waals surface area contributed by atoms with Crippen LogP contribution in [0.1, 0.15) is 54.9 Å². The Bertz CT molecular complexity index is 818. The van der Waals surface area contributed by atoms with Gasteiger partial charge >= 0.3 is 0 Å². The van der Waals surface area contributed by atoms with Gasteiger partial charge < -0.3 is 20.1 Å². The number of anilines is 1. The number of piperidine rings is 1. The van der Waals surface area contributed by atoms with E-state index in [-0.39, 0.29) is 11.8 Å². The quantitative estimate of drug-likeness (QED) is 0.706. The summed E-state index contributed by atoms with van der Waals surface area (Å²) >= 11 is 0. The minimum absolute atomic E-state index is 0.00234. The van der Waals surface area contributed by atoms with Crippen LogP contribution in [0, 0.1) is 5.92 Å². The lowest BCUT2D eigenvalue weighted by molar-refractivity contribution is -0.119. The predicted molar refractivity (Wildman–Crippen MR) is 110 cm³/mol. The first-order valence-corrected chi connectivity index (χ1v) is 10.2. The number of nitrogens with one attached hydrogen (secondary N) is 2. The van der Waals surface area contributed by atoms with Gasteiger partial charge in [0, 0.05) is 38.8 Å². The summed E-state index contributed by atoms with van der Waals surface area (Å²) in [6.07, 6.45) is 5.63. The van der Waals surface area contributed by atoms with E-state index in [1.807, 2.05) is 12.1 Å². The van der Waals surface area contributed by atoms with Crippen LogP contribution >= 0.6 is 0 Å².